The van der Waals surface area contributed by atoms with Crippen LogP contribution in [0.2, 0.25) is 0 Å². The lowest BCUT2D eigenvalue weighted by atomic mass is 9.85. The van der Waals surface area contributed by atoms with Crippen LogP contribution in [0, 0.1) is 0 Å². The van der Waals surface area contributed by atoms with E-state index in [1.165, 1.54) is 65.7 Å². The van der Waals surface area contributed by atoms with Crippen molar-refractivity contribution in [3.8, 4) is 33.4 Å². The zero-order chi connectivity index (χ0) is 30.9. The molecule has 10 rings (SSSR count). The van der Waals surface area contributed by atoms with Crippen LogP contribution < -0.4 is 4.40 Å². The summed E-state index contributed by atoms with van der Waals surface area (Å²) in [5.74, 6) is 0.845. The molecule has 0 aliphatic heterocycles. The topological polar surface area (TPSA) is 32.8 Å². The first-order valence-corrected chi connectivity index (χ1v) is 16.1. The molecule has 0 spiro atoms. The third kappa shape index (κ3) is 3.93. The summed E-state index contributed by atoms with van der Waals surface area (Å²) in [4.78, 5) is 8.28. The first-order valence-electron chi connectivity index (χ1n) is 16.1. The minimum Gasteiger partial charge on any atom is -0.238 e. The highest BCUT2D eigenvalue weighted by Gasteiger charge is 2.19. The molecule has 3 heteroatoms. The normalized spacial score (nSPS) is 11.8. The van der Waals surface area contributed by atoms with Gasteiger partial charge >= 0.3 is 5.78 Å². The van der Waals surface area contributed by atoms with E-state index in [1.807, 2.05) is 6.20 Å². The van der Waals surface area contributed by atoms with E-state index in [-0.39, 0.29) is 0 Å². The van der Waals surface area contributed by atoms with Crippen LogP contribution in [0.15, 0.2) is 164 Å². The van der Waals surface area contributed by atoms with Gasteiger partial charge < -0.3 is 0 Å². The van der Waals surface area contributed by atoms with Gasteiger partial charge in [0.25, 0.3) is 0 Å². The van der Waals surface area contributed by atoms with Gasteiger partial charge in [-0.25, -0.2) is 4.98 Å². The molecule has 0 unspecified atom stereocenters. The lowest BCUT2D eigenvalue weighted by Crippen LogP contribution is -2.22. The van der Waals surface area contributed by atoms with Crippen LogP contribution in [-0.4, -0.2) is 9.97 Å². The fourth-order valence-corrected chi connectivity index (χ4v) is 7.57. The van der Waals surface area contributed by atoms with Crippen molar-refractivity contribution >= 4 is 60.0 Å². The van der Waals surface area contributed by atoms with Crippen molar-refractivity contribution in [3.63, 3.8) is 0 Å². The predicted octanol–water partition coefficient (Wildman–Crippen LogP) is 10.9. The Kier molecular flexibility index (Phi) is 5.57. The molecule has 47 heavy (non-hydrogen) atoms. The summed E-state index contributed by atoms with van der Waals surface area (Å²) in [6, 6.07) is 57.1. The SMILES string of the molecule is c1ccc2cc(-c3c4ccccc4c(-c4ccc(-c5cccc6c5cnc5[nH]c7ccccc7[n+]56)cc4)c4ccccc34)ccc2c1. The summed E-state index contributed by atoms with van der Waals surface area (Å²) in [6.07, 6.45) is 2.00. The van der Waals surface area contributed by atoms with E-state index in [0.717, 1.165) is 27.7 Å². The quantitative estimate of drug-likeness (QED) is 0.159. The number of nitrogens with zero attached hydrogens (tertiary/aromatic N) is 2. The van der Waals surface area contributed by atoms with Gasteiger partial charge in [-0.3, -0.25) is 0 Å². The Morgan fingerprint density at radius 3 is 1.74 bits per heavy atom. The second-order valence-electron chi connectivity index (χ2n) is 12.3. The Labute approximate surface area is 271 Å². The zero-order valence-corrected chi connectivity index (χ0v) is 25.5. The first kappa shape index (κ1) is 26.0. The molecule has 218 valence electrons. The molecule has 0 aliphatic rings. The predicted molar refractivity (Wildman–Crippen MR) is 196 cm³/mol. The molecule has 10 aromatic rings. The van der Waals surface area contributed by atoms with Crippen LogP contribution in [0.5, 0.6) is 0 Å². The summed E-state index contributed by atoms with van der Waals surface area (Å²) >= 11 is 0. The molecule has 0 fully saturated rings. The van der Waals surface area contributed by atoms with Crippen LogP contribution in [0.3, 0.4) is 0 Å². The average Bonchev–Trinajstić information content (AvgIpc) is 3.53. The maximum Gasteiger partial charge on any atom is 0.402 e. The second kappa shape index (κ2) is 10.1. The zero-order valence-electron chi connectivity index (χ0n) is 25.5. The molecular weight excluding hydrogens is 571 g/mol. The van der Waals surface area contributed by atoms with Crippen molar-refractivity contribution < 1.29 is 4.40 Å². The van der Waals surface area contributed by atoms with E-state index < -0.39 is 0 Å². The second-order valence-corrected chi connectivity index (χ2v) is 12.3. The van der Waals surface area contributed by atoms with E-state index in [2.05, 4.69) is 167 Å². The third-order valence-corrected chi connectivity index (χ3v) is 9.70. The van der Waals surface area contributed by atoms with Gasteiger partial charge in [-0.1, -0.05) is 138 Å². The lowest BCUT2D eigenvalue weighted by molar-refractivity contribution is -0.452. The Morgan fingerprint density at radius 1 is 0.426 bits per heavy atom. The van der Waals surface area contributed by atoms with Gasteiger partial charge in [-0.05, 0) is 90.0 Å². The van der Waals surface area contributed by atoms with Crippen LogP contribution in [0.25, 0.3) is 93.4 Å². The Hall–Kier alpha value is -6.32. The molecule has 0 radical (unpaired) electrons. The summed E-state index contributed by atoms with van der Waals surface area (Å²) < 4.78 is 2.22. The Morgan fingerprint density at radius 2 is 1.00 bits per heavy atom. The molecule has 1 N–H and O–H groups in total. The summed E-state index contributed by atoms with van der Waals surface area (Å²) in [6.45, 7) is 0. The van der Waals surface area contributed by atoms with Gasteiger partial charge in [-0.2, -0.15) is 4.40 Å². The molecule has 2 heterocycles. The van der Waals surface area contributed by atoms with Gasteiger partial charge in [0.15, 0.2) is 0 Å². The number of hydrogen-bond acceptors (Lipinski definition) is 1. The van der Waals surface area contributed by atoms with Gasteiger partial charge in [0.1, 0.15) is 22.7 Å². The molecule has 0 aliphatic carbocycles. The van der Waals surface area contributed by atoms with Gasteiger partial charge in [0, 0.05) is 0 Å². The van der Waals surface area contributed by atoms with Crippen molar-refractivity contribution in [1.29, 1.82) is 0 Å². The van der Waals surface area contributed by atoms with Crippen LogP contribution in [0.1, 0.15) is 0 Å². The number of imidazole rings is 1. The molecule has 0 amide bonds. The number of fused-ring (bicyclic) bond motifs is 8. The maximum absolute atomic E-state index is 4.82. The Balaban J connectivity index is 1.16. The van der Waals surface area contributed by atoms with Crippen molar-refractivity contribution in [2.45, 2.75) is 0 Å². The highest BCUT2D eigenvalue weighted by molar-refractivity contribution is 6.21. The minimum atomic E-state index is 0.845. The molecule has 2 aromatic heterocycles. The average molecular weight is 599 g/mol. The molecule has 0 atom stereocenters. The van der Waals surface area contributed by atoms with Crippen molar-refractivity contribution in [2.75, 3.05) is 0 Å². The molecule has 8 aromatic carbocycles. The number of H-pyrrole nitrogens is 1. The molecule has 0 saturated carbocycles. The standard InChI is InChI=1S/C44H27N3/c1-2-11-31-26-32(25-20-28(31)10-1)43-36-14-5-3-12-34(36)42(35-13-4-6-15-37(35)43)30-23-21-29(22-24-30)33-16-9-19-40-38(33)27-45-44-46-39-17-7-8-18-41(39)47(40)44/h1-27H/p+1. The molecule has 3 nitrogen and oxygen atoms in total. The number of rotatable bonds is 3. The maximum atomic E-state index is 4.82. The largest absolute Gasteiger partial charge is 0.402 e. The first-order chi connectivity index (χ1) is 23.3. The molecule has 0 bridgehead atoms. The number of hydrogen-bond donors (Lipinski definition) is 1. The smallest absolute Gasteiger partial charge is 0.238 e. The molecule has 0 saturated heterocycles. The number of nitrogens with one attached hydrogen (secondary N) is 1. The summed E-state index contributed by atoms with van der Waals surface area (Å²) in [5, 5.41) is 8.68. The fraction of sp³-hybridized carbons (Fsp3) is 0. The monoisotopic (exact) mass is 598 g/mol. The highest BCUT2D eigenvalue weighted by atomic mass is 15.1. The van der Waals surface area contributed by atoms with E-state index in [9.17, 15) is 0 Å². The van der Waals surface area contributed by atoms with Crippen LogP contribution in [0.4, 0.5) is 0 Å². The fourth-order valence-electron chi connectivity index (χ4n) is 7.57. The summed E-state index contributed by atoms with van der Waals surface area (Å²) in [7, 11) is 0. The van der Waals surface area contributed by atoms with Gasteiger partial charge in [0.05, 0.1) is 5.39 Å². The van der Waals surface area contributed by atoms with Crippen molar-refractivity contribution in [2.24, 2.45) is 0 Å². The van der Waals surface area contributed by atoms with Crippen molar-refractivity contribution in [3.05, 3.63) is 164 Å². The van der Waals surface area contributed by atoms with Crippen LogP contribution in [-0.2, 0) is 0 Å². The van der Waals surface area contributed by atoms with E-state index in [0.29, 0.717) is 0 Å². The van der Waals surface area contributed by atoms with Gasteiger partial charge in [0.2, 0.25) is 0 Å². The van der Waals surface area contributed by atoms with Crippen molar-refractivity contribution in [1.82, 2.24) is 9.97 Å². The number of para-hydroxylation sites is 2. The number of aromatic amines is 1. The highest BCUT2D eigenvalue weighted by Crippen LogP contribution is 2.44. The third-order valence-electron chi connectivity index (χ3n) is 9.70. The van der Waals surface area contributed by atoms with E-state index >= 15 is 0 Å². The van der Waals surface area contributed by atoms with E-state index in [1.54, 1.807) is 0 Å². The van der Waals surface area contributed by atoms with Crippen LogP contribution >= 0.6 is 0 Å². The summed E-state index contributed by atoms with van der Waals surface area (Å²) in [5.41, 5.74) is 10.7. The molecular formula is C44H28N3+. The lowest BCUT2D eigenvalue weighted by Gasteiger charge is -2.18. The Bertz CT molecular complexity index is 2790. The van der Waals surface area contributed by atoms with E-state index in [4.69, 9.17) is 4.98 Å². The number of aromatic nitrogens is 3. The minimum absolute atomic E-state index is 0.845. The number of benzene rings is 8. The van der Waals surface area contributed by atoms with Gasteiger partial charge in [-0.15, -0.1) is 0 Å².